The summed E-state index contributed by atoms with van der Waals surface area (Å²) < 4.78 is 15.4. The van der Waals surface area contributed by atoms with E-state index in [2.05, 4.69) is 5.32 Å². The number of carbonyl (C=O) groups is 2. The first-order valence-electron chi connectivity index (χ1n) is 8.15. The lowest BCUT2D eigenvalue weighted by Gasteiger charge is -2.15. The molecule has 9 nitrogen and oxygen atoms in total. The molecule has 0 spiro atoms. The van der Waals surface area contributed by atoms with Crippen molar-refractivity contribution in [1.29, 1.82) is 0 Å². The van der Waals surface area contributed by atoms with Crippen molar-refractivity contribution in [3.8, 4) is 11.5 Å². The number of rotatable bonds is 6. The molecule has 1 heterocycles. The first-order chi connectivity index (χ1) is 13.3. The van der Waals surface area contributed by atoms with Crippen molar-refractivity contribution in [2.24, 2.45) is 0 Å². The largest absolute Gasteiger partial charge is 0.454 e. The Morgan fingerprint density at radius 1 is 1.25 bits per heavy atom. The Bertz CT molecular complexity index is 948. The van der Waals surface area contributed by atoms with E-state index >= 15 is 0 Å². The number of nitro benzene ring substituents is 1. The third kappa shape index (κ3) is 4.32. The average molecular weight is 407 g/mol. The van der Waals surface area contributed by atoms with Crippen LogP contribution in [0, 0.1) is 10.1 Å². The van der Waals surface area contributed by atoms with Crippen molar-refractivity contribution in [2.45, 2.75) is 13.0 Å². The van der Waals surface area contributed by atoms with E-state index in [1.54, 1.807) is 25.1 Å². The molecule has 1 atom stereocenters. The molecular weight excluding hydrogens is 392 g/mol. The smallest absolute Gasteiger partial charge is 0.338 e. The fourth-order valence-electron chi connectivity index (χ4n) is 2.54. The third-order valence-corrected chi connectivity index (χ3v) is 4.31. The highest BCUT2D eigenvalue weighted by molar-refractivity contribution is 6.32. The molecule has 1 N–H and O–H groups in total. The summed E-state index contributed by atoms with van der Waals surface area (Å²) in [5.74, 6) is -0.171. The number of fused-ring (bicyclic) bond motifs is 1. The summed E-state index contributed by atoms with van der Waals surface area (Å²) in [6.45, 7) is 1.38. The Morgan fingerprint density at radius 3 is 2.75 bits per heavy atom. The summed E-state index contributed by atoms with van der Waals surface area (Å²) in [5, 5.41) is 13.5. The van der Waals surface area contributed by atoms with Crippen LogP contribution in [0.5, 0.6) is 11.5 Å². The van der Waals surface area contributed by atoms with Crippen molar-refractivity contribution < 1.29 is 28.7 Å². The van der Waals surface area contributed by atoms with Gasteiger partial charge in [-0.3, -0.25) is 14.9 Å². The molecular formula is C18H15ClN2O7. The lowest BCUT2D eigenvalue weighted by molar-refractivity contribution is -0.384. The number of esters is 1. The molecule has 2 aromatic rings. The van der Waals surface area contributed by atoms with Crippen LogP contribution in [0.4, 0.5) is 5.69 Å². The van der Waals surface area contributed by atoms with Crippen LogP contribution in [0.2, 0.25) is 5.02 Å². The number of amides is 1. The van der Waals surface area contributed by atoms with E-state index in [0.29, 0.717) is 11.5 Å². The maximum Gasteiger partial charge on any atom is 0.338 e. The van der Waals surface area contributed by atoms with Crippen LogP contribution in [0.25, 0.3) is 0 Å². The maximum absolute atomic E-state index is 12.1. The van der Waals surface area contributed by atoms with Crippen LogP contribution in [0.3, 0.4) is 0 Å². The zero-order valence-electron chi connectivity index (χ0n) is 14.6. The molecule has 2 aromatic carbocycles. The van der Waals surface area contributed by atoms with Gasteiger partial charge in [0.15, 0.2) is 18.1 Å². The van der Waals surface area contributed by atoms with Gasteiger partial charge in [0, 0.05) is 6.07 Å². The van der Waals surface area contributed by atoms with Gasteiger partial charge in [-0.05, 0) is 36.8 Å². The van der Waals surface area contributed by atoms with Crippen LogP contribution in [-0.2, 0) is 9.53 Å². The molecule has 10 heteroatoms. The van der Waals surface area contributed by atoms with E-state index in [1.807, 2.05) is 0 Å². The molecule has 1 amide bonds. The SMILES string of the molecule is C[C@@H](NC(=O)COC(=O)c1ccc(Cl)c([N+](=O)[O-])c1)c1ccc2c(c1)OCO2. The molecule has 146 valence electrons. The molecule has 28 heavy (non-hydrogen) atoms. The third-order valence-electron chi connectivity index (χ3n) is 3.99. The van der Waals surface area contributed by atoms with Gasteiger partial charge in [-0.2, -0.15) is 0 Å². The Morgan fingerprint density at radius 2 is 2.00 bits per heavy atom. The van der Waals surface area contributed by atoms with Crippen molar-refractivity contribution in [3.05, 3.63) is 62.7 Å². The van der Waals surface area contributed by atoms with Crippen molar-refractivity contribution in [2.75, 3.05) is 13.4 Å². The molecule has 0 saturated heterocycles. The minimum atomic E-state index is -0.870. The quantitative estimate of drug-likeness (QED) is 0.445. The minimum Gasteiger partial charge on any atom is -0.454 e. The highest BCUT2D eigenvalue weighted by Gasteiger charge is 2.19. The van der Waals surface area contributed by atoms with Crippen molar-refractivity contribution in [1.82, 2.24) is 5.32 Å². The number of benzene rings is 2. The second kappa shape index (κ2) is 8.13. The van der Waals surface area contributed by atoms with Crippen LogP contribution in [-0.4, -0.2) is 30.2 Å². The normalized spacial score (nSPS) is 12.9. The van der Waals surface area contributed by atoms with Crippen LogP contribution in [0.15, 0.2) is 36.4 Å². The monoisotopic (exact) mass is 406 g/mol. The standard InChI is InChI=1S/C18H15ClN2O7/c1-10(11-3-5-15-16(7-11)28-9-27-15)20-17(22)8-26-18(23)12-2-4-13(19)14(6-12)21(24)25/h2-7,10H,8-9H2,1H3,(H,20,22)/t10-/m1/s1. The van der Waals surface area contributed by atoms with Crippen LogP contribution in [0.1, 0.15) is 28.9 Å². The lowest BCUT2D eigenvalue weighted by Crippen LogP contribution is -2.31. The van der Waals surface area contributed by atoms with Gasteiger partial charge in [-0.25, -0.2) is 4.79 Å². The lowest BCUT2D eigenvalue weighted by atomic mass is 10.1. The van der Waals surface area contributed by atoms with E-state index in [0.717, 1.165) is 11.6 Å². The summed E-state index contributed by atoms with van der Waals surface area (Å²) in [4.78, 5) is 34.2. The Labute approximate surface area is 164 Å². The van der Waals surface area contributed by atoms with Gasteiger partial charge in [0.25, 0.3) is 11.6 Å². The highest BCUT2D eigenvalue weighted by Crippen LogP contribution is 2.34. The summed E-state index contributed by atoms with van der Waals surface area (Å²) in [6.07, 6.45) is 0. The zero-order valence-corrected chi connectivity index (χ0v) is 15.4. The predicted molar refractivity (Wildman–Crippen MR) is 97.5 cm³/mol. The Hall–Kier alpha value is -3.33. The number of ether oxygens (including phenoxy) is 3. The van der Waals surface area contributed by atoms with Crippen LogP contribution >= 0.6 is 11.6 Å². The fraction of sp³-hybridized carbons (Fsp3) is 0.222. The Balaban J connectivity index is 1.56. The molecule has 0 unspecified atom stereocenters. The van der Waals surface area contributed by atoms with E-state index in [9.17, 15) is 19.7 Å². The first kappa shape index (κ1) is 19.4. The zero-order chi connectivity index (χ0) is 20.3. The maximum atomic E-state index is 12.1. The molecule has 3 rings (SSSR count). The molecule has 0 bridgehead atoms. The number of hydrogen-bond acceptors (Lipinski definition) is 7. The second-order valence-electron chi connectivity index (χ2n) is 5.90. The molecule has 1 aliphatic rings. The van der Waals surface area contributed by atoms with E-state index < -0.39 is 29.1 Å². The predicted octanol–water partition coefficient (Wildman–Crippen LogP) is 3.01. The summed E-state index contributed by atoms with van der Waals surface area (Å²) in [6, 6.07) is 8.43. The van der Waals surface area contributed by atoms with Gasteiger partial charge in [0.05, 0.1) is 16.5 Å². The van der Waals surface area contributed by atoms with Crippen LogP contribution < -0.4 is 14.8 Å². The number of nitro groups is 1. The summed E-state index contributed by atoms with van der Waals surface area (Å²) in [5.41, 5.74) is 0.293. The highest BCUT2D eigenvalue weighted by atomic mass is 35.5. The summed E-state index contributed by atoms with van der Waals surface area (Å²) >= 11 is 5.70. The van der Waals surface area contributed by atoms with Gasteiger partial charge in [-0.15, -0.1) is 0 Å². The minimum absolute atomic E-state index is 0.0762. The Kier molecular flexibility index (Phi) is 5.65. The molecule has 0 aromatic heterocycles. The van der Waals surface area contributed by atoms with Gasteiger partial charge < -0.3 is 19.5 Å². The number of hydrogen-bond donors (Lipinski definition) is 1. The van der Waals surface area contributed by atoms with E-state index in [4.69, 9.17) is 25.8 Å². The molecule has 0 radical (unpaired) electrons. The number of nitrogens with zero attached hydrogens (tertiary/aromatic N) is 1. The average Bonchev–Trinajstić information content (AvgIpc) is 3.14. The molecule has 0 fully saturated rings. The first-order valence-corrected chi connectivity index (χ1v) is 8.53. The van der Waals surface area contributed by atoms with E-state index in [1.165, 1.54) is 12.1 Å². The van der Waals surface area contributed by atoms with Gasteiger partial charge >= 0.3 is 5.97 Å². The topological polar surface area (TPSA) is 117 Å². The fourth-order valence-corrected chi connectivity index (χ4v) is 2.73. The number of halogens is 1. The molecule has 0 saturated carbocycles. The van der Waals surface area contributed by atoms with Crippen molar-refractivity contribution >= 4 is 29.2 Å². The van der Waals surface area contributed by atoms with Gasteiger partial charge in [0.2, 0.25) is 6.79 Å². The molecule has 1 aliphatic heterocycles. The number of nitrogens with one attached hydrogen (secondary N) is 1. The molecule has 0 aliphatic carbocycles. The van der Waals surface area contributed by atoms with E-state index in [-0.39, 0.29) is 23.4 Å². The second-order valence-corrected chi connectivity index (χ2v) is 6.31. The number of carbonyl (C=O) groups excluding carboxylic acids is 2. The van der Waals surface area contributed by atoms with Gasteiger partial charge in [0.1, 0.15) is 5.02 Å². The summed E-state index contributed by atoms with van der Waals surface area (Å²) in [7, 11) is 0. The van der Waals surface area contributed by atoms with Crippen molar-refractivity contribution in [3.63, 3.8) is 0 Å². The van der Waals surface area contributed by atoms with Gasteiger partial charge in [-0.1, -0.05) is 17.7 Å².